The first-order valence-electron chi connectivity index (χ1n) is 11.5. The zero-order valence-electron chi connectivity index (χ0n) is 19.1. The Balaban J connectivity index is 1.63. The van der Waals surface area contributed by atoms with Gasteiger partial charge in [0.1, 0.15) is 17.6 Å². The Morgan fingerprint density at radius 3 is 2.34 bits per heavy atom. The van der Waals surface area contributed by atoms with E-state index in [4.69, 9.17) is 9.47 Å². The lowest BCUT2D eigenvalue weighted by Crippen LogP contribution is -2.19. The summed E-state index contributed by atoms with van der Waals surface area (Å²) in [7, 11) is 0. The van der Waals surface area contributed by atoms with Gasteiger partial charge in [-0.1, -0.05) is 66.7 Å². The molecule has 0 aromatic heterocycles. The van der Waals surface area contributed by atoms with E-state index in [-0.39, 0.29) is 11.9 Å². The number of hydrogen-bond donors (Lipinski definition) is 0. The van der Waals surface area contributed by atoms with Gasteiger partial charge < -0.3 is 14.4 Å². The first-order chi connectivity index (χ1) is 17.1. The van der Waals surface area contributed by atoms with Crippen LogP contribution in [0, 0.1) is 0 Å². The number of hydrogen-bond acceptors (Lipinski definition) is 3. The Labute approximate surface area is 203 Å². The summed E-state index contributed by atoms with van der Waals surface area (Å²) < 4.78 is 37.4. The zero-order valence-corrected chi connectivity index (χ0v) is 19.1. The molecule has 3 nitrogen and oxygen atoms in total. The maximum absolute atomic E-state index is 13.1. The molecule has 1 atom stereocenters. The van der Waals surface area contributed by atoms with Crippen LogP contribution in [0.25, 0.3) is 11.1 Å². The topological polar surface area (TPSA) is 21.7 Å². The highest BCUT2D eigenvalue weighted by Gasteiger charge is 2.29. The predicted octanol–water partition coefficient (Wildman–Crippen LogP) is 8.30. The molecule has 0 radical (unpaired) electrons. The average Bonchev–Trinajstić information content (AvgIpc) is 2.88. The maximum atomic E-state index is 13.1. The fourth-order valence-electron chi connectivity index (χ4n) is 4.53. The van der Waals surface area contributed by atoms with Crippen LogP contribution in [0.1, 0.15) is 23.7 Å². The third-order valence-corrected chi connectivity index (χ3v) is 6.07. The molecule has 1 unspecified atom stereocenters. The first kappa shape index (κ1) is 22.7. The highest BCUT2D eigenvalue weighted by Crippen LogP contribution is 2.49. The van der Waals surface area contributed by atoms with Gasteiger partial charge in [-0.15, -0.1) is 6.58 Å². The number of alkyl halides is 2. The number of rotatable bonds is 8. The van der Waals surface area contributed by atoms with Crippen LogP contribution in [-0.2, 0) is 6.54 Å². The molecule has 176 valence electrons. The standard InChI is InChI=1S/C30H25F2NO2/c1-2-10-26-25-19-23(33(22-13-7-4-8-14-22)20-21-11-5-3-6-12-21)17-18-24(25)29-27(34-26)15-9-16-28(29)35-30(31)32/h2-9,11-19,26,30H,1,10,20H2. The van der Waals surface area contributed by atoms with Crippen LogP contribution in [0.2, 0.25) is 0 Å². The number of fused-ring (bicyclic) bond motifs is 3. The molecule has 1 heterocycles. The molecule has 4 aromatic carbocycles. The summed E-state index contributed by atoms with van der Waals surface area (Å²) in [4.78, 5) is 2.23. The van der Waals surface area contributed by atoms with E-state index < -0.39 is 6.61 Å². The normalized spacial score (nSPS) is 14.0. The van der Waals surface area contributed by atoms with Crippen molar-refractivity contribution in [3.05, 3.63) is 121 Å². The maximum Gasteiger partial charge on any atom is 0.387 e. The van der Waals surface area contributed by atoms with Gasteiger partial charge in [0, 0.05) is 29.9 Å². The van der Waals surface area contributed by atoms with Crippen molar-refractivity contribution in [3.63, 3.8) is 0 Å². The van der Waals surface area contributed by atoms with Crippen molar-refractivity contribution in [2.75, 3.05) is 4.90 Å². The summed E-state index contributed by atoms with van der Waals surface area (Å²) in [6.07, 6.45) is 2.11. The highest BCUT2D eigenvalue weighted by molar-refractivity contribution is 5.83. The van der Waals surface area contributed by atoms with E-state index in [0.29, 0.717) is 24.3 Å². The smallest absolute Gasteiger partial charge is 0.387 e. The van der Waals surface area contributed by atoms with Crippen LogP contribution in [0.5, 0.6) is 11.5 Å². The second-order valence-electron chi connectivity index (χ2n) is 8.32. The predicted molar refractivity (Wildman–Crippen MR) is 135 cm³/mol. The lowest BCUT2D eigenvalue weighted by atomic mass is 9.90. The Morgan fingerprint density at radius 2 is 1.63 bits per heavy atom. The second kappa shape index (κ2) is 10.0. The quantitative estimate of drug-likeness (QED) is 0.242. The number of anilines is 2. The van der Waals surface area contributed by atoms with E-state index in [1.807, 2.05) is 54.6 Å². The van der Waals surface area contributed by atoms with Gasteiger partial charge in [0.05, 0.1) is 5.56 Å². The van der Waals surface area contributed by atoms with Crippen molar-refractivity contribution in [2.24, 2.45) is 0 Å². The van der Waals surface area contributed by atoms with Crippen LogP contribution >= 0.6 is 0 Å². The summed E-state index contributed by atoms with van der Waals surface area (Å²) in [6.45, 7) is 1.64. The molecule has 5 heteroatoms. The van der Waals surface area contributed by atoms with Crippen LogP contribution in [-0.4, -0.2) is 6.61 Å². The number of ether oxygens (including phenoxy) is 2. The molecule has 0 amide bonds. The minimum Gasteiger partial charge on any atom is -0.485 e. The van der Waals surface area contributed by atoms with Gasteiger partial charge in [-0.2, -0.15) is 8.78 Å². The van der Waals surface area contributed by atoms with Gasteiger partial charge in [0.25, 0.3) is 0 Å². The molecular weight excluding hydrogens is 444 g/mol. The van der Waals surface area contributed by atoms with Crippen LogP contribution in [0.15, 0.2) is 110 Å². The Morgan fingerprint density at radius 1 is 0.886 bits per heavy atom. The first-order valence-corrected chi connectivity index (χ1v) is 11.5. The SMILES string of the molecule is C=CCC1Oc2cccc(OC(F)F)c2-c2ccc(N(Cc3ccccc3)c3ccccc3)cc21. The molecule has 1 aliphatic rings. The fourth-order valence-corrected chi connectivity index (χ4v) is 4.53. The van der Waals surface area contributed by atoms with Gasteiger partial charge in [-0.3, -0.25) is 0 Å². The second-order valence-corrected chi connectivity index (χ2v) is 8.32. The van der Waals surface area contributed by atoms with Crippen molar-refractivity contribution < 1.29 is 18.3 Å². The van der Waals surface area contributed by atoms with Gasteiger partial charge in [0.2, 0.25) is 0 Å². The van der Waals surface area contributed by atoms with E-state index in [2.05, 4.69) is 41.8 Å². The summed E-state index contributed by atoms with van der Waals surface area (Å²) in [5, 5.41) is 0. The van der Waals surface area contributed by atoms with E-state index >= 15 is 0 Å². The van der Waals surface area contributed by atoms with Crippen LogP contribution in [0.3, 0.4) is 0 Å². The minimum absolute atomic E-state index is 0.104. The van der Waals surface area contributed by atoms with E-state index in [1.54, 1.807) is 18.2 Å². The summed E-state index contributed by atoms with van der Waals surface area (Å²) in [6, 6.07) is 31.5. The van der Waals surface area contributed by atoms with Crippen LogP contribution < -0.4 is 14.4 Å². The molecule has 35 heavy (non-hydrogen) atoms. The van der Waals surface area contributed by atoms with Crippen molar-refractivity contribution >= 4 is 11.4 Å². The Kier molecular flexibility index (Phi) is 6.49. The molecular formula is C30H25F2NO2. The lowest BCUT2D eigenvalue weighted by molar-refractivity contribution is -0.0496. The van der Waals surface area contributed by atoms with E-state index in [9.17, 15) is 8.78 Å². The third-order valence-electron chi connectivity index (χ3n) is 6.07. The molecule has 5 rings (SSSR count). The zero-order chi connectivity index (χ0) is 24.2. The molecule has 4 aromatic rings. The van der Waals surface area contributed by atoms with Gasteiger partial charge in [0.15, 0.2) is 0 Å². The van der Waals surface area contributed by atoms with Gasteiger partial charge in [-0.05, 0) is 47.5 Å². The molecule has 0 saturated heterocycles. The molecule has 0 spiro atoms. The molecule has 0 fully saturated rings. The van der Waals surface area contributed by atoms with Crippen molar-refractivity contribution in [3.8, 4) is 22.6 Å². The molecule has 1 aliphatic heterocycles. The van der Waals surface area contributed by atoms with Gasteiger partial charge in [-0.25, -0.2) is 0 Å². The third kappa shape index (κ3) is 4.76. The summed E-state index contributed by atoms with van der Waals surface area (Å²) in [5.74, 6) is 0.632. The molecule has 0 saturated carbocycles. The lowest BCUT2D eigenvalue weighted by Gasteiger charge is -2.32. The number of benzene rings is 4. The molecule has 0 bridgehead atoms. The Hall–Kier alpha value is -4.12. The largest absolute Gasteiger partial charge is 0.485 e. The Bertz CT molecular complexity index is 1310. The highest BCUT2D eigenvalue weighted by atomic mass is 19.3. The summed E-state index contributed by atoms with van der Waals surface area (Å²) in [5.41, 5.74) is 5.48. The monoisotopic (exact) mass is 469 g/mol. The average molecular weight is 470 g/mol. The molecule has 0 N–H and O–H groups in total. The fraction of sp³-hybridized carbons (Fsp3) is 0.133. The van der Waals surface area contributed by atoms with E-state index in [0.717, 1.165) is 22.5 Å². The van der Waals surface area contributed by atoms with Crippen molar-refractivity contribution in [1.82, 2.24) is 0 Å². The summed E-state index contributed by atoms with van der Waals surface area (Å²) >= 11 is 0. The molecule has 0 aliphatic carbocycles. The van der Waals surface area contributed by atoms with Gasteiger partial charge >= 0.3 is 6.61 Å². The number of nitrogens with zero attached hydrogens (tertiary/aromatic N) is 1. The van der Waals surface area contributed by atoms with Crippen molar-refractivity contribution in [2.45, 2.75) is 25.7 Å². The van der Waals surface area contributed by atoms with E-state index in [1.165, 1.54) is 5.56 Å². The van der Waals surface area contributed by atoms with Crippen LogP contribution in [0.4, 0.5) is 20.2 Å². The number of halogens is 2. The van der Waals surface area contributed by atoms with Crippen molar-refractivity contribution in [1.29, 1.82) is 0 Å². The minimum atomic E-state index is -2.92. The number of para-hydroxylation sites is 1.